The van der Waals surface area contributed by atoms with Crippen LogP contribution in [0.4, 0.5) is 0 Å². The molecule has 0 radical (unpaired) electrons. The first kappa shape index (κ1) is 11.4. The van der Waals surface area contributed by atoms with Gasteiger partial charge in [-0.05, 0) is 26.0 Å². The number of rotatable bonds is 4. The maximum atomic E-state index is 4.47. The Morgan fingerprint density at radius 1 is 1.60 bits per heavy atom. The fraction of sp³-hybridized carbons (Fsp3) is 0.727. The van der Waals surface area contributed by atoms with Crippen molar-refractivity contribution in [2.45, 2.75) is 44.0 Å². The van der Waals surface area contributed by atoms with Gasteiger partial charge in [-0.25, -0.2) is 4.98 Å². The lowest BCUT2D eigenvalue weighted by atomic mass is 10.2. The number of thioether (sulfide) groups is 1. The first-order valence-corrected chi connectivity index (χ1v) is 7.63. The smallest absolute Gasteiger partial charge is 0.0897 e. The molecule has 2 unspecified atom stereocenters. The summed E-state index contributed by atoms with van der Waals surface area (Å²) >= 11 is 3.74. The Morgan fingerprint density at radius 2 is 2.47 bits per heavy atom. The van der Waals surface area contributed by atoms with Gasteiger partial charge in [0.2, 0.25) is 0 Å². The van der Waals surface area contributed by atoms with Gasteiger partial charge in [0.1, 0.15) is 0 Å². The third-order valence-electron chi connectivity index (χ3n) is 2.97. The number of aryl methyl sites for hydroxylation is 1. The third-order valence-corrected chi connectivity index (χ3v) is 4.96. The quantitative estimate of drug-likeness (QED) is 0.879. The molecular formula is C11H18N2S2. The molecule has 0 saturated heterocycles. The summed E-state index contributed by atoms with van der Waals surface area (Å²) in [5.41, 5.74) is 1.20. The van der Waals surface area contributed by atoms with E-state index in [0.29, 0.717) is 6.04 Å². The summed E-state index contributed by atoms with van der Waals surface area (Å²) in [6, 6.07) is 0.696. The van der Waals surface area contributed by atoms with Gasteiger partial charge in [0.05, 0.1) is 10.7 Å². The second kappa shape index (κ2) is 5.32. The maximum Gasteiger partial charge on any atom is 0.0897 e. The van der Waals surface area contributed by atoms with Gasteiger partial charge in [-0.3, -0.25) is 0 Å². The van der Waals surface area contributed by atoms with Crippen molar-refractivity contribution in [3.63, 3.8) is 0 Å². The molecule has 84 valence electrons. The number of hydrogen-bond donors (Lipinski definition) is 1. The van der Waals surface area contributed by atoms with E-state index in [1.807, 2.05) is 11.8 Å². The van der Waals surface area contributed by atoms with Gasteiger partial charge in [-0.1, -0.05) is 6.42 Å². The van der Waals surface area contributed by atoms with Crippen molar-refractivity contribution in [1.29, 1.82) is 0 Å². The highest BCUT2D eigenvalue weighted by molar-refractivity contribution is 7.99. The molecule has 2 rings (SSSR count). The second-order valence-corrected chi connectivity index (χ2v) is 6.19. The lowest BCUT2D eigenvalue weighted by Gasteiger charge is -2.18. The summed E-state index contributed by atoms with van der Waals surface area (Å²) < 4.78 is 0. The van der Waals surface area contributed by atoms with E-state index >= 15 is 0 Å². The minimum Gasteiger partial charge on any atom is -0.307 e. The van der Waals surface area contributed by atoms with Gasteiger partial charge in [0.25, 0.3) is 0 Å². The van der Waals surface area contributed by atoms with Gasteiger partial charge in [-0.2, -0.15) is 11.8 Å². The highest BCUT2D eigenvalue weighted by atomic mass is 32.2. The molecule has 1 aromatic heterocycles. The molecule has 0 bridgehead atoms. The van der Waals surface area contributed by atoms with Crippen LogP contribution < -0.4 is 5.32 Å². The molecule has 1 heterocycles. The molecule has 1 aliphatic carbocycles. The summed E-state index contributed by atoms with van der Waals surface area (Å²) in [6.07, 6.45) is 6.29. The topological polar surface area (TPSA) is 24.9 Å². The number of aromatic nitrogens is 1. The number of nitrogens with one attached hydrogen (secondary N) is 1. The Bertz CT molecular complexity index is 311. The second-order valence-electron chi connectivity index (χ2n) is 4.05. The van der Waals surface area contributed by atoms with Crippen molar-refractivity contribution in [3.8, 4) is 0 Å². The summed E-state index contributed by atoms with van der Waals surface area (Å²) in [7, 11) is 0. The van der Waals surface area contributed by atoms with E-state index in [-0.39, 0.29) is 0 Å². The fourth-order valence-corrected chi connectivity index (χ4v) is 3.74. The molecule has 0 aliphatic heterocycles. The zero-order valence-electron chi connectivity index (χ0n) is 9.32. The monoisotopic (exact) mass is 242 g/mol. The van der Waals surface area contributed by atoms with Crippen molar-refractivity contribution in [3.05, 3.63) is 16.1 Å². The van der Waals surface area contributed by atoms with E-state index in [1.54, 1.807) is 11.3 Å². The normalized spacial score (nSPS) is 26.0. The Kier molecular flexibility index (Phi) is 4.05. The van der Waals surface area contributed by atoms with Gasteiger partial charge in [0, 0.05) is 23.2 Å². The van der Waals surface area contributed by atoms with Crippen molar-refractivity contribution in [2.75, 3.05) is 6.26 Å². The molecule has 15 heavy (non-hydrogen) atoms. The predicted molar refractivity (Wildman–Crippen MR) is 68.6 cm³/mol. The molecule has 1 fully saturated rings. The molecule has 1 saturated carbocycles. The summed E-state index contributed by atoms with van der Waals surface area (Å²) in [5.74, 6) is 0. The Morgan fingerprint density at radius 3 is 3.13 bits per heavy atom. The number of nitrogens with zero attached hydrogens (tertiary/aromatic N) is 1. The number of hydrogen-bond acceptors (Lipinski definition) is 4. The lowest BCUT2D eigenvalue weighted by Crippen LogP contribution is -2.33. The zero-order chi connectivity index (χ0) is 10.7. The van der Waals surface area contributed by atoms with E-state index < -0.39 is 0 Å². The van der Waals surface area contributed by atoms with E-state index in [2.05, 4.69) is 28.9 Å². The van der Waals surface area contributed by atoms with Crippen molar-refractivity contribution in [1.82, 2.24) is 10.3 Å². The first-order valence-electron chi connectivity index (χ1n) is 5.47. The molecule has 1 aliphatic rings. The van der Waals surface area contributed by atoms with E-state index in [0.717, 1.165) is 11.8 Å². The first-order chi connectivity index (χ1) is 7.29. The molecule has 2 atom stereocenters. The van der Waals surface area contributed by atoms with Crippen LogP contribution in [0.5, 0.6) is 0 Å². The highest BCUT2D eigenvalue weighted by Gasteiger charge is 2.25. The van der Waals surface area contributed by atoms with Crippen LogP contribution in [0, 0.1) is 6.92 Å². The van der Waals surface area contributed by atoms with Crippen LogP contribution in [0.3, 0.4) is 0 Å². The standard InChI is InChI=1S/C11H18N2S2/c1-8-13-9(7-15-8)6-12-10-4-3-5-11(10)14-2/h7,10-12H,3-6H2,1-2H3. The summed E-state index contributed by atoms with van der Waals surface area (Å²) in [5, 5.41) is 7.77. The highest BCUT2D eigenvalue weighted by Crippen LogP contribution is 2.28. The minimum atomic E-state index is 0.696. The lowest BCUT2D eigenvalue weighted by molar-refractivity contribution is 0.528. The molecule has 0 spiro atoms. The zero-order valence-corrected chi connectivity index (χ0v) is 11.0. The van der Waals surface area contributed by atoms with E-state index in [4.69, 9.17) is 0 Å². The fourth-order valence-electron chi connectivity index (χ4n) is 2.17. The van der Waals surface area contributed by atoms with Crippen LogP contribution in [0.1, 0.15) is 30.0 Å². The van der Waals surface area contributed by atoms with Crippen molar-refractivity contribution in [2.24, 2.45) is 0 Å². The molecule has 0 aromatic carbocycles. The van der Waals surface area contributed by atoms with Gasteiger partial charge >= 0.3 is 0 Å². The maximum absolute atomic E-state index is 4.47. The van der Waals surface area contributed by atoms with E-state index in [9.17, 15) is 0 Å². The van der Waals surface area contributed by atoms with Crippen LogP contribution in [0.2, 0.25) is 0 Å². The number of thiazole rings is 1. The molecular weight excluding hydrogens is 224 g/mol. The average Bonchev–Trinajstić information content (AvgIpc) is 2.83. The SMILES string of the molecule is CSC1CCCC1NCc1csc(C)n1. The molecule has 4 heteroatoms. The average molecular weight is 242 g/mol. The largest absolute Gasteiger partial charge is 0.307 e. The van der Waals surface area contributed by atoms with Crippen molar-refractivity contribution < 1.29 is 0 Å². The van der Waals surface area contributed by atoms with Gasteiger partial charge < -0.3 is 5.32 Å². The Hall–Kier alpha value is -0.0600. The van der Waals surface area contributed by atoms with Crippen LogP contribution in [-0.2, 0) is 6.54 Å². The minimum absolute atomic E-state index is 0.696. The summed E-state index contributed by atoms with van der Waals surface area (Å²) in [6.45, 7) is 3.00. The van der Waals surface area contributed by atoms with Crippen LogP contribution >= 0.6 is 23.1 Å². The van der Waals surface area contributed by atoms with Gasteiger partial charge in [-0.15, -0.1) is 11.3 Å². The van der Waals surface area contributed by atoms with Crippen molar-refractivity contribution >= 4 is 23.1 Å². The van der Waals surface area contributed by atoms with E-state index in [1.165, 1.54) is 30.0 Å². The third kappa shape index (κ3) is 2.95. The van der Waals surface area contributed by atoms with Gasteiger partial charge in [0.15, 0.2) is 0 Å². The molecule has 1 N–H and O–H groups in total. The predicted octanol–water partition coefficient (Wildman–Crippen LogP) is 2.83. The van der Waals surface area contributed by atoms with Crippen LogP contribution in [0.25, 0.3) is 0 Å². The van der Waals surface area contributed by atoms with Crippen LogP contribution in [0.15, 0.2) is 5.38 Å². The Labute approximate surface area is 99.9 Å². The van der Waals surface area contributed by atoms with Crippen LogP contribution in [-0.4, -0.2) is 22.5 Å². The molecule has 0 amide bonds. The Balaban J connectivity index is 1.82. The molecule has 2 nitrogen and oxygen atoms in total. The summed E-state index contributed by atoms with van der Waals surface area (Å²) in [4.78, 5) is 4.47. The molecule has 1 aromatic rings.